The average molecular weight is 247 g/mol. The van der Waals surface area contributed by atoms with Crippen LogP contribution in [0.5, 0.6) is 0 Å². The van der Waals surface area contributed by atoms with Crippen molar-refractivity contribution in [2.75, 3.05) is 0 Å². The molecule has 0 bridgehead atoms. The topological polar surface area (TPSA) is 55.4 Å². The van der Waals surface area contributed by atoms with E-state index in [1.54, 1.807) is 0 Å². The van der Waals surface area contributed by atoms with Crippen LogP contribution in [0.15, 0.2) is 30.3 Å². The van der Waals surface area contributed by atoms with Gasteiger partial charge in [0.05, 0.1) is 0 Å². The summed E-state index contributed by atoms with van der Waals surface area (Å²) in [6.07, 6.45) is -0.194. The Hall–Kier alpha value is -1.84. The Morgan fingerprint density at radius 1 is 1.22 bits per heavy atom. The van der Waals surface area contributed by atoms with E-state index in [1.165, 1.54) is 0 Å². The SMILES string of the molecule is CC(C)C1OC(=O)C(Cc2ccccc2)NC1=O. The third-order valence-electron chi connectivity index (χ3n) is 2.99. The maximum atomic E-state index is 11.8. The maximum Gasteiger partial charge on any atom is 0.329 e. The lowest BCUT2D eigenvalue weighted by Crippen LogP contribution is -2.56. The predicted octanol–water partition coefficient (Wildman–Crippen LogP) is 1.30. The summed E-state index contributed by atoms with van der Waals surface area (Å²) in [6, 6.07) is 9.00. The van der Waals surface area contributed by atoms with Crippen molar-refractivity contribution in [1.29, 1.82) is 0 Å². The Labute approximate surface area is 106 Å². The lowest BCUT2D eigenvalue weighted by Gasteiger charge is -2.30. The van der Waals surface area contributed by atoms with Gasteiger partial charge in [-0.2, -0.15) is 0 Å². The third kappa shape index (κ3) is 2.70. The molecular weight excluding hydrogens is 230 g/mol. The number of amides is 1. The van der Waals surface area contributed by atoms with Crippen LogP contribution < -0.4 is 5.32 Å². The van der Waals surface area contributed by atoms with Gasteiger partial charge in [0.1, 0.15) is 6.04 Å². The highest BCUT2D eigenvalue weighted by Gasteiger charge is 2.37. The van der Waals surface area contributed by atoms with E-state index in [0.717, 1.165) is 5.56 Å². The molecule has 2 unspecified atom stereocenters. The first-order chi connectivity index (χ1) is 8.58. The number of carbonyl (C=O) groups excluding carboxylic acids is 2. The number of carbonyl (C=O) groups is 2. The van der Waals surface area contributed by atoms with E-state index >= 15 is 0 Å². The number of ether oxygens (including phenoxy) is 1. The molecule has 1 aromatic rings. The van der Waals surface area contributed by atoms with Gasteiger partial charge in [-0.15, -0.1) is 0 Å². The third-order valence-corrected chi connectivity index (χ3v) is 2.99. The molecule has 0 aromatic heterocycles. The van der Waals surface area contributed by atoms with Gasteiger partial charge in [-0.25, -0.2) is 4.79 Å². The second-order valence-electron chi connectivity index (χ2n) is 4.85. The summed E-state index contributed by atoms with van der Waals surface area (Å²) >= 11 is 0. The zero-order valence-corrected chi connectivity index (χ0v) is 10.6. The van der Waals surface area contributed by atoms with Gasteiger partial charge in [-0.3, -0.25) is 4.79 Å². The minimum atomic E-state index is -0.662. The van der Waals surface area contributed by atoms with Crippen LogP contribution in [0.2, 0.25) is 0 Å². The van der Waals surface area contributed by atoms with Gasteiger partial charge in [0.25, 0.3) is 5.91 Å². The lowest BCUT2D eigenvalue weighted by atomic mass is 10.0. The van der Waals surface area contributed by atoms with E-state index < -0.39 is 12.1 Å². The van der Waals surface area contributed by atoms with Crippen LogP contribution in [0, 0.1) is 5.92 Å². The van der Waals surface area contributed by atoms with Gasteiger partial charge < -0.3 is 10.1 Å². The first-order valence-corrected chi connectivity index (χ1v) is 6.12. The van der Waals surface area contributed by atoms with Crippen LogP contribution in [0.25, 0.3) is 0 Å². The molecule has 1 saturated heterocycles. The van der Waals surface area contributed by atoms with Crippen molar-refractivity contribution in [2.45, 2.75) is 32.4 Å². The van der Waals surface area contributed by atoms with Crippen molar-refractivity contribution in [3.05, 3.63) is 35.9 Å². The second-order valence-corrected chi connectivity index (χ2v) is 4.85. The molecule has 4 heteroatoms. The van der Waals surface area contributed by atoms with Crippen molar-refractivity contribution in [3.63, 3.8) is 0 Å². The van der Waals surface area contributed by atoms with Crippen molar-refractivity contribution in [2.24, 2.45) is 5.92 Å². The summed E-state index contributed by atoms with van der Waals surface area (Å²) < 4.78 is 5.19. The monoisotopic (exact) mass is 247 g/mol. The number of nitrogens with one attached hydrogen (secondary N) is 1. The first kappa shape index (κ1) is 12.6. The molecule has 1 amide bonds. The smallest absolute Gasteiger partial charge is 0.329 e. The highest BCUT2D eigenvalue weighted by Crippen LogP contribution is 2.15. The second kappa shape index (κ2) is 5.21. The molecule has 96 valence electrons. The van der Waals surface area contributed by atoms with Crippen molar-refractivity contribution in [3.8, 4) is 0 Å². The molecule has 0 saturated carbocycles. The van der Waals surface area contributed by atoms with Gasteiger partial charge >= 0.3 is 5.97 Å². The molecule has 18 heavy (non-hydrogen) atoms. The van der Waals surface area contributed by atoms with Gasteiger partial charge in [-0.1, -0.05) is 44.2 Å². The number of hydrogen-bond donors (Lipinski definition) is 1. The summed E-state index contributed by atoms with van der Waals surface area (Å²) in [6.45, 7) is 3.71. The minimum absolute atomic E-state index is 0.00775. The van der Waals surface area contributed by atoms with E-state index in [9.17, 15) is 9.59 Å². The Balaban J connectivity index is 2.04. The minimum Gasteiger partial charge on any atom is -0.450 e. The molecule has 1 heterocycles. The molecule has 0 spiro atoms. The molecule has 4 nitrogen and oxygen atoms in total. The standard InChI is InChI=1S/C14H17NO3/c1-9(2)12-13(16)15-11(14(17)18-12)8-10-6-4-3-5-7-10/h3-7,9,11-12H,8H2,1-2H3,(H,15,16). The number of benzene rings is 1. The van der Waals surface area contributed by atoms with Crippen molar-refractivity contribution in [1.82, 2.24) is 5.32 Å². The number of esters is 1. The lowest BCUT2D eigenvalue weighted by molar-refractivity contribution is -0.168. The fraction of sp³-hybridized carbons (Fsp3) is 0.429. The number of morpholine rings is 1. The Morgan fingerprint density at radius 3 is 2.50 bits per heavy atom. The molecule has 1 N–H and O–H groups in total. The summed E-state index contributed by atoms with van der Waals surface area (Å²) in [4.78, 5) is 23.6. The zero-order valence-electron chi connectivity index (χ0n) is 10.6. The van der Waals surface area contributed by atoms with Crippen LogP contribution in [-0.4, -0.2) is 24.0 Å². The van der Waals surface area contributed by atoms with Crippen LogP contribution >= 0.6 is 0 Å². The summed E-state index contributed by atoms with van der Waals surface area (Å²) in [7, 11) is 0. The van der Waals surface area contributed by atoms with E-state index in [2.05, 4.69) is 5.32 Å². The largest absolute Gasteiger partial charge is 0.450 e. The van der Waals surface area contributed by atoms with E-state index in [0.29, 0.717) is 6.42 Å². The van der Waals surface area contributed by atoms with Crippen LogP contribution in [0.1, 0.15) is 19.4 Å². The number of cyclic esters (lactones) is 1. The highest BCUT2D eigenvalue weighted by atomic mass is 16.6. The van der Waals surface area contributed by atoms with Gasteiger partial charge in [-0.05, 0) is 11.5 Å². The van der Waals surface area contributed by atoms with Crippen molar-refractivity contribution < 1.29 is 14.3 Å². The summed E-state index contributed by atoms with van der Waals surface area (Å²) in [5.41, 5.74) is 1.00. The van der Waals surface area contributed by atoms with E-state index in [1.807, 2.05) is 44.2 Å². The van der Waals surface area contributed by atoms with Crippen LogP contribution in [0.3, 0.4) is 0 Å². The van der Waals surface area contributed by atoms with E-state index in [4.69, 9.17) is 4.74 Å². The molecular formula is C14H17NO3. The zero-order chi connectivity index (χ0) is 13.1. The predicted molar refractivity (Wildman–Crippen MR) is 66.8 cm³/mol. The van der Waals surface area contributed by atoms with Gasteiger partial charge in [0, 0.05) is 6.42 Å². The summed E-state index contributed by atoms with van der Waals surface area (Å²) in [5, 5.41) is 2.73. The van der Waals surface area contributed by atoms with Crippen molar-refractivity contribution >= 4 is 11.9 Å². The van der Waals surface area contributed by atoms with Crippen LogP contribution in [-0.2, 0) is 20.7 Å². The maximum absolute atomic E-state index is 11.8. The summed E-state index contributed by atoms with van der Waals surface area (Å²) in [5.74, 6) is -0.561. The molecule has 2 rings (SSSR count). The number of hydrogen-bond acceptors (Lipinski definition) is 3. The fourth-order valence-corrected chi connectivity index (χ4v) is 2.00. The Bertz CT molecular complexity index is 442. The van der Waals surface area contributed by atoms with Gasteiger partial charge in [0.15, 0.2) is 6.10 Å². The Morgan fingerprint density at radius 2 is 1.89 bits per heavy atom. The Kier molecular flexibility index (Phi) is 3.65. The molecule has 1 aliphatic rings. The molecule has 1 aromatic carbocycles. The van der Waals surface area contributed by atoms with Crippen LogP contribution in [0.4, 0.5) is 0 Å². The molecule has 0 radical (unpaired) electrons. The molecule has 2 atom stereocenters. The molecule has 0 aliphatic carbocycles. The number of rotatable bonds is 3. The van der Waals surface area contributed by atoms with Gasteiger partial charge in [0.2, 0.25) is 0 Å². The average Bonchev–Trinajstić information content (AvgIpc) is 2.34. The molecule has 1 aliphatic heterocycles. The van der Waals surface area contributed by atoms with E-state index in [-0.39, 0.29) is 17.8 Å². The first-order valence-electron chi connectivity index (χ1n) is 6.12. The fourth-order valence-electron chi connectivity index (χ4n) is 2.00. The normalized spacial score (nSPS) is 23.7. The molecule has 1 fully saturated rings. The highest BCUT2D eigenvalue weighted by molar-refractivity contribution is 5.92. The quantitative estimate of drug-likeness (QED) is 0.819.